The smallest absolute Gasteiger partial charge is 0.261 e. The molecule has 0 saturated carbocycles. The van der Waals surface area contributed by atoms with Crippen molar-refractivity contribution in [3.63, 3.8) is 0 Å². The van der Waals surface area contributed by atoms with Crippen LogP contribution in [0.3, 0.4) is 0 Å². The predicted molar refractivity (Wildman–Crippen MR) is 116 cm³/mol. The maximum atomic E-state index is 14.7. The van der Waals surface area contributed by atoms with Gasteiger partial charge in [-0.05, 0) is 37.6 Å². The van der Waals surface area contributed by atoms with Crippen molar-refractivity contribution in [1.29, 1.82) is 0 Å². The first kappa shape index (κ1) is 20.9. The van der Waals surface area contributed by atoms with Crippen molar-refractivity contribution >= 4 is 28.0 Å². The summed E-state index contributed by atoms with van der Waals surface area (Å²) in [5, 5.41) is 2.87. The summed E-state index contributed by atoms with van der Waals surface area (Å²) in [5.74, 6) is -1.55. The standard InChI is InChI=1S/C23H19F2N3O2S/c1-13-19(31-12-27-13)11-28-14(2)20(17-7-4-8-18(25)21(17)23(28)30)22(29)26-10-15-5-3-6-16(24)9-15/h3-9,12H,10-11H2,1-2H3,(H,26,29). The Labute approximate surface area is 181 Å². The number of nitrogens with zero attached hydrogens (tertiary/aromatic N) is 2. The molecule has 0 aliphatic heterocycles. The summed E-state index contributed by atoms with van der Waals surface area (Å²) in [6.07, 6.45) is 0. The number of benzene rings is 2. The molecular formula is C23H19F2N3O2S. The van der Waals surface area contributed by atoms with Gasteiger partial charge >= 0.3 is 0 Å². The van der Waals surface area contributed by atoms with Crippen molar-refractivity contribution in [1.82, 2.24) is 14.9 Å². The van der Waals surface area contributed by atoms with E-state index in [1.807, 2.05) is 6.92 Å². The number of pyridine rings is 1. The Bertz CT molecular complexity index is 1360. The van der Waals surface area contributed by atoms with Gasteiger partial charge in [-0.25, -0.2) is 13.8 Å². The van der Waals surface area contributed by atoms with Crippen molar-refractivity contribution in [2.45, 2.75) is 26.9 Å². The molecule has 8 heteroatoms. The van der Waals surface area contributed by atoms with E-state index >= 15 is 0 Å². The monoisotopic (exact) mass is 439 g/mol. The molecule has 31 heavy (non-hydrogen) atoms. The largest absolute Gasteiger partial charge is 0.348 e. The highest BCUT2D eigenvalue weighted by Gasteiger charge is 2.22. The van der Waals surface area contributed by atoms with E-state index in [0.29, 0.717) is 11.3 Å². The van der Waals surface area contributed by atoms with Crippen molar-refractivity contribution in [2.75, 3.05) is 0 Å². The van der Waals surface area contributed by atoms with Crippen molar-refractivity contribution < 1.29 is 13.6 Å². The maximum absolute atomic E-state index is 14.7. The molecule has 0 unspecified atom stereocenters. The van der Waals surface area contributed by atoms with Gasteiger partial charge in [-0.1, -0.05) is 24.3 Å². The zero-order chi connectivity index (χ0) is 22.1. The number of rotatable bonds is 5. The lowest BCUT2D eigenvalue weighted by Gasteiger charge is -2.17. The van der Waals surface area contributed by atoms with Gasteiger partial charge in [0.25, 0.3) is 11.5 Å². The normalized spacial score (nSPS) is 11.1. The van der Waals surface area contributed by atoms with Gasteiger partial charge in [0, 0.05) is 22.5 Å². The molecule has 0 saturated heterocycles. The molecule has 158 valence electrons. The molecule has 2 heterocycles. The van der Waals surface area contributed by atoms with Crippen LogP contribution < -0.4 is 10.9 Å². The van der Waals surface area contributed by atoms with Crippen LogP contribution in [0.1, 0.15) is 32.2 Å². The molecular weight excluding hydrogens is 420 g/mol. The molecule has 0 aliphatic rings. The topological polar surface area (TPSA) is 64.0 Å². The van der Waals surface area contributed by atoms with E-state index in [1.54, 1.807) is 30.6 Å². The Morgan fingerprint density at radius 2 is 1.94 bits per heavy atom. The van der Waals surface area contributed by atoms with Crippen LogP contribution in [-0.4, -0.2) is 15.5 Å². The van der Waals surface area contributed by atoms with Gasteiger partial charge in [-0.15, -0.1) is 11.3 Å². The van der Waals surface area contributed by atoms with Gasteiger partial charge in [0.2, 0.25) is 0 Å². The number of aromatic nitrogens is 2. The highest BCUT2D eigenvalue weighted by Crippen LogP contribution is 2.23. The summed E-state index contributed by atoms with van der Waals surface area (Å²) in [5.41, 5.74) is 3.19. The third-order valence-electron chi connectivity index (χ3n) is 5.22. The summed E-state index contributed by atoms with van der Waals surface area (Å²) in [6, 6.07) is 10.1. The molecule has 4 aromatic rings. The highest BCUT2D eigenvalue weighted by molar-refractivity contribution is 7.09. The van der Waals surface area contributed by atoms with Gasteiger partial charge in [0.05, 0.1) is 28.7 Å². The average molecular weight is 439 g/mol. The Kier molecular flexibility index (Phi) is 5.65. The number of thiazole rings is 1. The number of fused-ring (bicyclic) bond motifs is 1. The lowest BCUT2D eigenvalue weighted by molar-refractivity contribution is 0.0951. The van der Waals surface area contributed by atoms with Crippen molar-refractivity contribution in [2.24, 2.45) is 0 Å². The predicted octanol–water partition coefficient (Wildman–Crippen LogP) is 4.33. The van der Waals surface area contributed by atoms with Crippen LogP contribution >= 0.6 is 11.3 Å². The number of carbonyl (C=O) groups is 1. The van der Waals surface area contributed by atoms with Crippen LogP contribution in [0.25, 0.3) is 10.8 Å². The first-order valence-corrected chi connectivity index (χ1v) is 10.5. The summed E-state index contributed by atoms with van der Waals surface area (Å²) in [4.78, 5) is 31.3. The van der Waals surface area contributed by atoms with Gasteiger partial charge in [0.15, 0.2) is 0 Å². The van der Waals surface area contributed by atoms with E-state index in [-0.39, 0.29) is 29.4 Å². The van der Waals surface area contributed by atoms with E-state index in [1.165, 1.54) is 40.2 Å². The van der Waals surface area contributed by atoms with Crippen LogP contribution in [0.15, 0.2) is 52.8 Å². The molecule has 4 rings (SSSR count). The van der Waals surface area contributed by atoms with Crippen molar-refractivity contribution in [3.05, 3.63) is 97.4 Å². The van der Waals surface area contributed by atoms with E-state index in [0.717, 1.165) is 10.6 Å². The number of hydrogen-bond donors (Lipinski definition) is 1. The zero-order valence-corrected chi connectivity index (χ0v) is 17.7. The van der Waals surface area contributed by atoms with Gasteiger partial charge in [-0.3, -0.25) is 9.59 Å². The lowest BCUT2D eigenvalue weighted by Crippen LogP contribution is -2.31. The number of nitrogens with one attached hydrogen (secondary N) is 1. The Morgan fingerprint density at radius 1 is 1.16 bits per heavy atom. The average Bonchev–Trinajstić information content (AvgIpc) is 3.14. The van der Waals surface area contributed by atoms with Crippen molar-refractivity contribution in [3.8, 4) is 0 Å². The molecule has 2 aromatic carbocycles. The maximum Gasteiger partial charge on any atom is 0.261 e. The summed E-state index contributed by atoms with van der Waals surface area (Å²) < 4.78 is 29.5. The minimum atomic E-state index is -0.684. The summed E-state index contributed by atoms with van der Waals surface area (Å²) in [7, 11) is 0. The van der Waals surface area contributed by atoms with Gasteiger partial charge < -0.3 is 9.88 Å². The van der Waals surface area contributed by atoms with E-state index in [4.69, 9.17) is 0 Å². The molecule has 1 N–H and O–H groups in total. The molecule has 0 radical (unpaired) electrons. The second-order valence-corrected chi connectivity index (χ2v) is 8.13. The molecule has 2 aromatic heterocycles. The second kappa shape index (κ2) is 8.39. The summed E-state index contributed by atoms with van der Waals surface area (Å²) in [6.45, 7) is 3.79. The fourth-order valence-electron chi connectivity index (χ4n) is 3.58. The number of aryl methyl sites for hydroxylation is 1. The third kappa shape index (κ3) is 3.98. The number of carbonyl (C=O) groups excluding carboxylic acids is 1. The Morgan fingerprint density at radius 3 is 2.65 bits per heavy atom. The lowest BCUT2D eigenvalue weighted by atomic mass is 10.0. The van der Waals surface area contributed by atoms with Gasteiger partial charge in [-0.2, -0.15) is 0 Å². The van der Waals surface area contributed by atoms with E-state index in [9.17, 15) is 18.4 Å². The minimum absolute atomic E-state index is 0.0971. The molecule has 0 atom stereocenters. The molecule has 0 fully saturated rings. The third-order valence-corrected chi connectivity index (χ3v) is 6.14. The Hall–Kier alpha value is -3.39. The fraction of sp³-hybridized carbons (Fsp3) is 0.174. The zero-order valence-electron chi connectivity index (χ0n) is 16.9. The molecule has 0 spiro atoms. The highest BCUT2D eigenvalue weighted by atomic mass is 32.1. The first-order valence-electron chi connectivity index (χ1n) is 9.60. The number of hydrogen-bond acceptors (Lipinski definition) is 4. The number of amides is 1. The molecule has 1 amide bonds. The van der Waals surface area contributed by atoms with Crippen LogP contribution in [0.2, 0.25) is 0 Å². The van der Waals surface area contributed by atoms with Crippen LogP contribution in [0, 0.1) is 25.5 Å². The quantitative estimate of drug-likeness (QED) is 0.503. The Balaban J connectivity index is 1.81. The molecule has 0 aliphatic carbocycles. The van der Waals surface area contributed by atoms with Crippen LogP contribution in [0.5, 0.6) is 0 Å². The number of halogens is 2. The second-order valence-electron chi connectivity index (χ2n) is 7.19. The SMILES string of the molecule is Cc1ncsc1Cn1c(C)c(C(=O)NCc2cccc(F)c2)c2cccc(F)c2c1=O. The van der Waals surface area contributed by atoms with E-state index in [2.05, 4.69) is 10.3 Å². The summed E-state index contributed by atoms with van der Waals surface area (Å²) >= 11 is 1.39. The molecule has 0 bridgehead atoms. The fourth-order valence-corrected chi connectivity index (χ4v) is 4.35. The first-order chi connectivity index (χ1) is 14.9. The van der Waals surface area contributed by atoms with Crippen LogP contribution in [-0.2, 0) is 13.1 Å². The molecule has 5 nitrogen and oxygen atoms in total. The van der Waals surface area contributed by atoms with Crippen LogP contribution in [0.4, 0.5) is 8.78 Å². The van der Waals surface area contributed by atoms with Gasteiger partial charge in [0.1, 0.15) is 11.6 Å². The minimum Gasteiger partial charge on any atom is -0.348 e. The van der Waals surface area contributed by atoms with E-state index < -0.39 is 23.1 Å².